The molecule has 12 nitrogen and oxygen atoms in total. The molecule has 2 aliphatic rings. The van der Waals surface area contributed by atoms with Gasteiger partial charge in [-0.1, -0.05) is 11.8 Å². The van der Waals surface area contributed by atoms with Crippen LogP contribution in [-0.4, -0.2) is 88.2 Å². The van der Waals surface area contributed by atoms with Gasteiger partial charge in [0.1, 0.15) is 25.0 Å². The van der Waals surface area contributed by atoms with E-state index in [2.05, 4.69) is 21.9 Å². The Labute approximate surface area is 166 Å². The standard InChI is InChI=1S/C17H24N4O8/c1-28-15(25)5-4-13(24)21(27)6-2-3-10-8-20(17(26)19-16(10)18)14-7-11(23)12(9-22)29-14/h8,11-12,14,16,22-23,27H,4-7,9,18H2,1H3,(H,19,26)/t11-,12?,14?,16?/m0/s1. The maximum Gasteiger partial charge on any atom is 0.325 e. The number of amides is 3. The number of nitrogens with two attached hydrogens (primary N) is 1. The van der Waals surface area contributed by atoms with Crippen molar-refractivity contribution in [2.75, 3.05) is 20.3 Å². The van der Waals surface area contributed by atoms with Crippen molar-refractivity contribution in [3.05, 3.63) is 11.8 Å². The second-order valence-corrected chi connectivity index (χ2v) is 6.36. The first-order valence-electron chi connectivity index (χ1n) is 8.82. The lowest BCUT2D eigenvalue weighted by molar-refractivity contribution is -0.164. The summed E-state index contributed by atoms with van der Waals surface area (Å²) in [7, 11) is 1.19. The second kappa shape index (κ2) is 10.2. The molecule has 2 rings (SSSR count). The average molecular weight is 412 g/mol. The van der Waals surface area contributed by atoms with Crippen molar-refractivity contribution in [1.29, 1.82) is 0 Å². The molecule has 0 radical (unpaired) electrons. The Kier molecular flexibility index (Phi) is 7.94. The number of nitrogens with one attached hydrogen (secondary N) is 1. The summed E-state index contributed by atoms with van der Waals surface area (Å²) in [5.41, 5.74) is 6.11. The van der Waals surface area contributed by atoms with E-state index in [1.807, 2.05) is 0 Å². The fraction of sp³-hybridized carbons (Fsp3) is 0.588. The van der Waals surface area contributed by atoms with Crippen molar-refractivity contribution in [2.24, 2.45) is 5.73 Å². The zero-order valence-corrected chi connectivity index (χ0v) is 15.8. The van der Waals surface area contributed by atoms with Gasteiger partial charge in [-0.3, -0.25) is 19.7 Å². The first-order chi connectivity index (χ1) is 13.8. The van der Waals surface area contributed by atoms with Gasteiger partial charge in [0.25, 0.3) is 0 Å². The first-order valence-corrected chi connectivity index (χ1v) is 8.82. The molecule has 0 spiro atoms. The van der Waals surface area contributed by atoms with Crippen LogP contribution >= 0.6 is 0 Å². The van der Waals surface area contributed by atoms with Crippen LogP contribution in [0.2, 0.25) is 0 Å². The van der Waals surface area contributed by atoms with Gasteiger partial charge in [0.05, 0.1) is 31.8 Å². The molecule has 0 bridgehead atoms. The number of urea groups is 1. The van der Waals surface area contributed by atoms with E-state index in [9.17, 15) is 24.7 Å². The highest BCUT2D eigenvalue weighted by molar-refractivity contribution is 5.81. The van der Waals surface area contributed by atoms with E-state index in [4.69, 9.17) is 15.6 Å². The number of aliphatic hydroxyl groups is 2. The molecule has 2 heterocycles. The van der Waals surface area contributed by atoms with Crippen molar-refractivity contribution in [1.82, 2.24) is 15.3 Å². The number of ether oxygens (including phenoxy) is 2. The van der Waals surface area contributed by atoms with Gasteiger partial charge in [0, 0.05) is 19.0 Å². The Hall–Kier alpha value is -2.69. The van der Waals surface area contributed by atoms with Gasteiger partial charge < -0.3 is 30.7 Å². The third kappa shape index (κ3) is 5.89. The van der Waals surface area contributed by atoms with Gasteiger partial charge in [-0.25, -0.2) is 9.86 Å². The van der Waals surface area contributed by atoms with E-state index in [1.165, 1.54) is 18.2 Å². The Morgan fingerprint density at radius 1 is 1.48 bits per heavy atom. The summed E-state index contributed by atoms with van der Waals surface area (Å²) >= 11 is 0. The Morgan fingerprint density at radius 2 is 2.21 bits per heavy atom. The number of hydroxylamine groups is 2. The summed E-state index contributed by atoms with van der Waals surface area (Å²) in [6.07, 6.45) is -2.38. The number of hydrogen-bond acceptors (Lipinski definition) is 9. The summed E-state index contributed by atoms with van der Waals surface area (Å²) in [4.78, 5) is 36.0. The van der Waals surface area contributed by atoms with Crippen LogP contribution in [-0.2, 0) is 19.1 Å². The normalized spacial score (nSPS) is 26.2. The lowest BCUT2D eigenvalue weighted by atomic mass is 10.1. The fourth-order valence-electron chi connectivity index (χ4n) is 2.69. The number of methoxy groups -OCH3 is 1. The van der Waals surface area contributed by atoms with Crippen LogP contribution in [0.1, 0.15) is 19.3 Å². The number of nitrogens with zero attached hydrogens (tertiary/aromatic N) is 2. The molecule has 12 heteroatoms. The fourth-order valence-corrected chi connectivity index (χ4v) is 2.69. The highest BCUT2D eigenvalue weighted by atomic mass is 16.5. The molecular weight excluding hydrogens is 388 g/mol. The van der Waals surface area contributed by atoms with E-state index in [0.717, 1.165) is 0 Å². The minimum absolute atomic E-state index is 0.101. The first kappa shape index (κ1) is 22.6. The third-order valence-corrected chi connectivity index (χ3v) is 4.34. The Morgan fingerprint density at radius 3 is 2.83 bits per heavy atom. The van der Waals surface area contributed by atoms with Gasteiger partial charge in [-0.15, -0.1) is 0 Å². The zero-order valence-electron chi connectivity index (χ0n) is 15.8. The lowest BCUT2D eigenvalue weighted by Crippen LogP contribution is -2.54. The summed E-state index contributed by atoms with van der Waals surface area (Å²) < 4.78 is 9.86. The van der Waals surface area contributed by atoms with Crippen LogP contribution in [0.3, 0.4) is 0 Å². The molecule has 1 saturated heterocycles. The summed E-state index contributed by atoms with van der Waals surface area (Å²) in [6, 6.07) is -0.555. The van der Waals surface area contributed by atoms with E-state index in [0.29, 0.717) is 5.06 Å². The molecule has 1 fully saturated rings. The van der Waals surface area contributed by atoms with Crippen molar-refractivity contribution >= 4 is 17.9 Å². The molecular formula is C17H24N4O8. The maximum absolute atomic E-state index is 12.1. The largest absolute Gasteiger partial charge is 0.469 e. The van der Waals surface area contributed by atoms with Crippen LogP contribution in [0.15, 0.2) is 11.8 Å². The maximum atomic E-state index is 12.1. The molecule has 6 N–H and O–H groups in total. The van der Waals surface area contributed by atoms with E-state index in [-0.39, 0.29) is 38.0 Å². The molecule has 3 amide bonds. The molecule has 4 atom stereocenters. The quantitative estimate of drug-likeness (QED) is 0.141. The van der Waals surface area contributed by atoms with E-state index in [1.54, 1.807) is 0 Å². The molecule has 3 unspecified atom stereocenters. The summed E-state index contributed by atoms with van der Waals surface area (Å²) in [5, 5.41) is 31.5. The van der Waals surface area contributed by atoms with Crippen molar-refractivity contribution in [3.8, 4) is 11.8 Å². The topological polar surface area (TPSA) is 175 Å². The molecule has 0 aliphatic carbocycles. The molecule has 0 aromatic rings. The minimum atomic E-state index is -0.921. The molecule has 160 valence electrons. The van der Waals surface area contributed by atoms with Crippen LogP contribution in [0, 0.1) is 11.8 Å². The van der Waals surface area contributed by atoms with Crippen molar-refractivity contribution in [3.63, 3.8) is 0 Å². The second-order valence-electron chi connectivity index (χ2n) is 6.36. The predicted octanol–water partition coefficient (Wildman–Crippen LogP) is -2.18. The Bertz CT molecular complexity index is 731. The van der Waals surface area contributed by atoms with Crippen molar-refractivity contribution in [2.45, 2.75) is 43.9 Å². The molecule has 29 heavy (non-hydrogen) atoms. The Balaban J connectivity index is 1.99. The average Bonchev–Trinajstić information content (AvgIpc) is 3.07. The van der Waals surface area contributed by atoms with Gasteiger partial charge in [0.2, 0.25) is 5.91 Å². The number of carbonyl (C=O) groups is 3. The van der Waals surface area contributed by atoms with Crippen LogP contribution in [0.5, 0.6) is 0 Å². The molecule has 0 aromatic carbocycles. The van der Waals surface area contributed by atoms with Gasteiger partial charge in [0.15, 0.2) is 0 Å². The lowest BCUT2D eigenvalue weighted by Gasteiger charge is -2.31. The molecule has 0 saturated carbocycles. The SMILES string of the molecule is COC(=O)CCC(=O)N(O)CC#CC1=CN(C2C[C@H](O)C(CO)O2)C(=O)NC1N. The zero-order chi connectivity index (χ0) is 21.6. The molecule has 2 aliphatic heterocycles. The van der Waals surface area contributed by atoms with Gasteiger partial charge in [-0.2, -0.15) is 0 Å². The number of hydrogen-bond donors (Lipinski definition) is 5. The number of carbonyl (C=O) groups excluding carboxylic acids is 3. The predicted molar refractivity (Wildman–Crippen MR) is 95.3 cm³/mol. The van der Waals surface area contributed by atoms with E-state index < -0.39 is 42.5 Å². The van der Waals surface area contributed by atoms with Crippen LogP contribution in [0.4, 0.5) is 4.79 Å². The molecule has 0 aromatic heterocycles. The van der Waals surface area contributed by atoms with Gasteiger partial charge in [-0.05, 0) is 0 Å². The van der Waals surface area contributed by atoms with E-state index >= 15 is 0 Å². The third-order valence-electron chi connectivity index (χ3n) is 4.34. The summed E-state index contributed by atoms with van der Waals surface area (Å²) in [6.45, 7) is -0.734. The smallest absolute Gasteiger partial charge is 0.325 e. The highest BCUT2D eigenvalue weighted by Crippen LogP contribution is 2.25. The van der Waals surface area contributed by atoms with Crippen LogP contribution in [0.25, 0.3) is 0 Å². The number of aliphatic hydroxyl groups excluding tert-OH is 2. The highest BCUT2D eigenvalue weighted by Gasteiger charge is 2.40. The van der Waals surface area contributed by atoms with Crippen LogP contribution < -0.4 is 11.1 Å². The van der Waals surface area contributed by atoms with Gasteiger partial charge >= 0.3 is 12.0 Å². The monoisotopic (exact) mass is 412 g/mol. The van der Waals surface area contributed by atoms with Crippen molar-refractivity contribution < 1.29 is 39.3 Å². The summed E-state index contributed by atoms with van der Waals surface area (Å²) in [5.74, 6) is 3.94. The minimum Gasteiger partial charge on any atom is -0.469 e. The number of rotatable bonds is 6. The number of esters is 1.